The zero-order chi connectivity index (χ0) is 6.69. The first kappa shape index (κ1) is 7.36. The summed E-state index contributed by atoms with van der Waals surface area (Å²) in [5.74, 6) is 0.647. The van der Waals surface area contributed by atoms with Crippen LogP contribution in [0.3, 0.4) is 0 Å². The Balaban J connectivity index is 2.32. The molecule has 2 heteroatoms. The maximum absolute atomic E-state index is 6.03. The first-order valence-corrected chi connectivity index (χ1v) is 4.09. The molecular weight excluding hydrogens is 134 g/mol. The first-order valence-electron chi connectivity index (χ1n) is 3.65. The van der Waals surface area contributed by atoms with Crippen LogP contribution >= 0.6 is 11.6 Å². The van der Waals surface area contributed by atoms with Gasteiger partial charge in [-0.15, -0.1) is 11.6 Å². The van der Waals surface area contributed by atoms with Crippen molar-refractivity contribution in [3.63, 3.8) is 0 Å². The van der Waals surface area contributed by atoms with Crippen LogP contribution in [0.5, 0.6) is 0 Å². The molecule has 9 heavy (non-hydrogen) atoms. The van der Waals surface area contributed by atoms with Crippen LogP contribution in [0.1, 0.15) is 19.8 Å². The minimum absolute atomic E-state index is 0.403. The monoisotopic (exact) mass is 147 g/mol. The average Bonchev–Trinajstić information content (AvgIpc) is 1.99. The van der Waals surface area contributed by atoms with Gasteiger partial charge in [0.1, 0.15) is 0 Å². The lowest BCUT2D eigenvalue weighted by atomic mass is 10.1. The third kappa shape index (κ3) is 2.15. The van der Waals surface area contributed by atoms with Gasteiger partial charge in [-0.05, 0) is 31.8 Å². The fraction of sp³-hybridized carbons (Fsp3) is 1.00. The summed E-state index contributed by atoms with van der Waals surface area (Å²) in [7, 11) is 0. The number of hydrogen-bond donors (Lipinski definition) is 1. The van der Waals surface area contributed by atoms with Crippen LogP contribution in [0.25, 0.3) is 0 Å². The van der Waals surface area contributed by atoms with Gasteiger partial charge in [-0.25, -0.2) is 0 Å². The van der Waals surface area contributed by atoms with Crippen LogP contribution in [0, 0.1) is 5.92 Å². The van der Waals surface area contributed by atoms with Crippen LogP contribution < -0.4 is 5.32 Å². The van der Waals surface area contributed by atoms with E-state index >= 15 is 0 Å². The number of nitrogens with one attached hydrogen (secondary N) is 1. The van der Waals surface area contributed by atoms with Gasteiger partial charge in [-0.3, -0.25) is 0 Å². The Morgan fingerprint density at radius 1 is 1.56 bits per heavy atom. The molecule has 2 atom stereocenters. The van der Waals surface area contributed by atoms with Crippen molar-refractivity contribution in [2.45, 2.75) is 25.1 Å². The largest absolute Gasteiger partial charge is 0.316 e. The molecule has 1 aliphatic rings. The highest BCUT2D eigenvalue weighted by Gasteiger charge is 2.15. The smallest absolute Gasteiger partial charge is 0.0374 e. The summed E-state index contributed by atoms with van der Waals surface area (Å²) >= 11 is 6.03. The molecule has 1 heterocycles. The Kier molecular flexibility index (Phi) is 2.80. The standard InChI is InChI=1S/C7H14ClN/c1-6-5-9-4-2-3-7(6)8/h6-7,9H,2-5H2,1H3. The van der Waals surface area contributed by atoms with E-state index in [-0.39, 0.29) is 0 Å². The van der Waals surface area contributed by atoms with Gasteiger partial charge in [0.05, 0.1) is 0 Å². The van der Waals surface area contributed by atoms with Gasteiger partial charge < -0.3 is 5.32 Å². The molecule has 1 fully saturated rings. The topological polar surface area (TPSA) is 12.0 Å². The van der Waals surface area contributed by atoms with Gasteiger partial charge in [0.15, 0.2) is 0 Å². The van der Waals surface area contributed by atoms with Crippen LogP contribution in [0.15, 0.2) is 0 Å². The Bertz CT molecular complexity index is 75.0. The average molecular weight is 148 g/mol. The molecule has 0 spiro atoms. The number of rotatable bonds is 0. The zero-order valence-electron chi connectivity index (χ0n) is 5.86. The molecule has 1 saturated heterocycles. The Hall–Kier alpha value is 0.250. The molecule has 0 saturated carbocycles. The quantitative estimate of drug-likeness (QED) is 0.514. The molecule has 0 aliphatic carbocycles. The van der Waals surface area contributed by atoms with E-state index in [9.17, 15) is 0 Å². The van der Waals surface area contributed by atoms with Crippen LogP contribution in [0.4, 0.5) is 0 Å². The van der Waals surface area contributed by atoms with Crippen LogP contribution in [0.2, 0.25) is 0 Å². The van der Waals surface area contributed by atoms with Gasteiger partial charge in [-0.2, -0.15) is 0 Å². The highest BCUT2D eigenvalue weighted by Crippen LogP contribution is 2.17. The highest BCUT2D eigenvalue weighted by atomic mass is 35.5. The molecule has 0 aromatic carbocycles. The Morgan fingerprint density at radius 3 is 3.11 bits per heavy atom. The fourth-order valence-corrected chi connectivity index (χ4v) is 1.41. The van der Waals surface area contributed by atoms with E-state index < -0.39 is 0 Å². The maximum atomic E-state index is 6.03. The second-order valence-corrected chi connectivity index (χ2v) is 3.40. The molecule has 1 N–H and O–H groups in total. The molecule has 54 valence electrons. The first-order chi connectivity index (χ1) is 4.30. The molecular formula is C7H14ClN. The minimum Gasteiger partial charge on any atom is -0.316 e. The zero-order valence-corrected chi connectivity index (χ0v) is 6.62. The van der Waals surface area contributed by atoms with Crippen molar-refractivity contribution < 1.29 is 0 Å². The predicted molar refractivity (Wildman–Crippen MR) is 40.9 cm³/mol. The summed E-state index contributed by atoms with van der Waals surface area (Å²) in [4.78, 5) is 0. The normalized spacial score (nSPS) is 38.0. The molecule has 0 aromatic rings. The van der Waals surface area contributed by atoms with Crippen molar-refractivity contribution in [1.82, 2.24) is 5.32 Å². The van der Waals surface area contributed by atoms with Crippen molar-refractivity contribution in [1.29, 1.82) is 0 Å². The molecule has 0 radical (unpaired) electrons. The van der Waals surface area contributed by atoms with Crippen molar-refractivity contribution in [3.8, 4) is 0 Å². The third-order valence-corrected chi connectivity index (χ3v) is 2.57. The van der Waals surface area contributed by atoms with E-state index in [1.54, 1.807) is 0 Å². The number of halogens is 1. The van der Waals surface area contributed by atoms with Crippen molar-refractivity contribution in [2.75, 3.05) is 13.1 Å². The second-order valence-electron chi connectivity index (χ2n) is 2.84. The molecule has 1 rings (SSSR count). The SMILES string of the molecule is CC1CNCCCC1Cl. The maximum Gasteiger partial charge on any atom is 0.0374 e. The van der Waals surface area contributed by atoms with Crippen molar-refractivity contribution >= 4 is 11.6 Å². The molecule has 1 aliphatic heterocycles. The predicted octanol–water partition coefficient (Wildman–Crippen LogP) is 1.61. The van der Waals surface area contributed by atoms with E-state index in [1.807, 2.05) is 0 Å². The van der Waals surface area contributed by atoms with Gasteiger partial charge in [0.25, 0.3) is 0 Å². The van der Waals surface area contributed by atoms with E-state index in [2.05, 4.69) is 12.2 Å². The van der Waals surface area contributed by atoms with Crippen LogP contribution in [-0.2, 0) is 0 Å². The molecule has 0 amide bonds. The summed E-state index contributed by atoms with van der Waals surface area (Å²) in [6.45, 7) is 4.44. The highest BCUT2D eigenvalue weighted by molar-refractivity contribution is 6.20. The molecule has 0 bridgehead atoms. The lowest BCUT2D eigenvalue weighted by Crippen LogP contribution is -2.22. The fourth-order valence-electron chi connectivity index (χ4n) is 1.16. The van der Waals surface area contributed by atoms with E-state index in [0.717, 1.165) is 13.1 Å². The number of hydrogen-bond acceptors (Lipinski definition) is 1. The Labute approximate surface area is 61.8 Å². The van der Waals surface area contributed by atoms with Gasteiger partial charge >= 0.3 is 0 Å². The summed E-state index contributed by atoms with van der Waals surface area (Å²) in [6.07, 6.45) is 2.41. The van der Waals surface area contributed by atoms with Gasteiger partial charge in [0, 0.05) is 5.38 Å². The summed E-state index contributed by atoms with van der Waals surface area (Å²) in [5, 5.41) is 3.75. The van der Waals surface area contributed by atoms with E-state index in [1.165, 1.54) is 12.8 Å². The van der Waals surface area contributed by atoms with Crippen molar-refractivity contribution in [2.24, 2.45) is 5.92 Å². The Morgan fingerprint density at radius 2 is 2.33 bits per heavy atom. The lowest BCUT2D eigenvalue weighted by Gasteiger charge is -2.12. The third-order valence-electron chi connectivity index (χ3n) is 1.92. The van der Waals surface area contributed by atoms with E-state index in [0.29, 0.717) is 11.3 Å². The lowest BCUT2D eigenvalue weighted by molar-refractivity contribution is 0.532. The molecule has 1 nitrogen and oxygen atoms in total. The summed E-state index contributed by atoms with van der Waals surface area (Å²) in [5.41, 5.74) is 0. The van der Waals surface area contributed by atoms with Crippen molar-refractivity contribution in [3.05, 3.63) is 0 Å². The molecule has 0 aromatic heterocycles. The summed E-state index contributed by atoms with van der Waals surface area (Å²) < 4.78 is 0. The molecule has 2 unspecified atom stereocenters. The minimum atomic E-state index is 0.403. The van der Waals surface area contributed by atoms with E-state index in [4.69, 9.17) is 11.6 Å². The van der Waals surface area contributed by atoms with Gasteiger partial charge in [-0.1, -0.05) is 6.92 Å². The number of alkyl halides is 1. The van der Waals surface area contributed by atoms with Gasteiger partial charge in [0.2, 0.25) is 0 Å². The second kappa shape index (κ2) is 3.43. The van der Waals surface area contributed by atoms with Crippen LogP contribution in [-0.4, -0.2) is 18.5 Å². The summed E-state index contributed by atoms with van der Waals surface area (Å²) in [6, 6.07) is 0.